The van der Waals surface area contributed by atoms with Gasteiger partial charge in [-0.25, -0.2) is 28.4 Å². The van der Waals surface area contributed by atoms with Gasteiger partial charge < -0.3 is 14.9 Å². The molecule has 2 aliphatic rings. The molecule has 15 heteroatoms. The van der Waals surface area contributed by atoms with Crippen molar-refractivity contribution in [2.75, 3.05) is 43.7 Å². The van der Waals surface area contributed by atoms with E-state index in [0.29, 0.717) is 18.8 Å². The maximum atomic E-state index is 13.9. The van der Waals surface area contributed by atoms with Gasteiger partial charge in [0, 0.05) is 50.5 Å². The van der Waals surface area contributed by atoms with Crippen molar-refractivity contribution in [1.29, 1.82) is 0 Å². The number of aromatic nitrogens is 4. The molecular formula is C23H30N8O6S. The topological polar surface area (TPSA) is 164 Å². The van der Waals surface area contributed by atoms with Gasteiger partial charge >= 0.3 is 6.09 Å². The van der Waals surface area contributed by atoms with E-state index in [9.17, 15) is 23.1 Å². The van der Waals surface area contributed by atoms with Crippen LogP contribution in [0.1, 0.15) is 25.3 Å². The number of hydrogen-bond donors (Lipinski definition) is 3. The smallest absolute Gasteiger partial charge is 0.407 e. The highest BCUT2D eigenvalue weighted by molar-refractivity contribution is 7.89. The third-order valence-corrected chi connectivity index (χ3v) is 8.50. The SMILES string of the molecule is CONc1nc2c(N3CCN(C(=O)O)CC3)cc(S(=O)(=O)NC3(C)CC3)cc2c(=O)n1Cc1cnn(C)c1. The first-order chi connectivity index (χ1) is 18.0. The van der Waals surface area contributed by atoms with E-state index in [0.717, 1.165) is 18.4 Å². The fourth-order valence-corrected chi connectivity index (χ4v) is 6.05. The highest BCUT2D eigenvalue weighted by Crippen LogP contribution is 2.37. The van der Waals surface area contributed by atoms with Gasteiger partial charge in [-0.15, -0.1) is 0 Å². The molecule has 1 aliphatic heterocycles. The van der Waals surface area contributed by atoms with Crippen molar-refractivity contribution in [2.24, 2.45) is 7.05 Å². The average Bonchev–Trinajstić information content (AvgIpc) is 3.44. The molecule has 1 aliphatic carbocycles. The molecule has 204 valence electrons. The molecule has 1 aromatic carbocycles. The molecule has 5 rings (SSSR count). The number of nitrogens with one attached hydrogen (secondary N) is 2. The van der Waals surface area contributed by atoms with Gasteiger partial charge in [0.15, 0.2) is 0 Å². The zero-order chi connectivity index (χ0) is 27.2. The number of nitrogens with zero attached hydrogens (tertiary/aromatic N) is 6. The number of amides is 1. The minimum absolute atomic E-state index is 0.0481. The molecule has 1 saturated carbocycles. The summed E-state index contributed by atoms with van der Waals surface area (Å²) in [4.78, 5) is 38.2. The van der Waals surface area contributed by atoms with Gasteiger partial charge in [-0.05, 0) is 31.9 Å². The van der Waals surface area contributed by atoms with Crippen LogP contribution in [0, 0.1) is 0 Å². The van der Waals surface area contributed by atoms with Crippen molar-refractivity contribution in [2.45, 2.75) is 36.7 Å². The number of aryl methyl sites for hydroxylation is 1. The third-order valence-electron chi connectivity index (χ3n) is 6.89. The molecular weight excluding hydrogens is 516 g/mol. The number of sulfonamides is 1. The summed E-state index contributed by atoms with van der Waals surface area (Å²) in [5.41, 5.74) is 3.16. The molecule has 0 bridgehead atoms. The van der Waals surface area contributed by atoms with Crippen molar-refractivity contribution in [3.05, 3.63) is 40.4 Å². The van der Waals surface area contributed by atoms with Gasteiger partial charge in [-0.2, -0.15) is 5.10 Å². The zero-order valence-electron chi connectivity index (χ0n) is 21.3. The lowest BCUT2D eigenvalue weighted by molar-refractivity contribution is 0.142. The Balaban J connectivity index is 1.68. The van der Waals surface area contributed by atoms with E-state index < -0.39 is 27.2 Å². The minimum Gasteiger partial charge on any atom is -0.465 e. The van der Waals surface area contributed by atoms with Crippen molar-refractivity contribution in [3.8, 4) is 0 Å². The molecule has 2 aromatic heterocycles. The van der Waals surface area contributed by atoms with Gasteiger partial charge in [0.2, 0.25) is 16.0 Å². The molecule has 1 amide bonds. The number of anilines is 2. The Morgan fingerprint density at radius 1 is 1.21 bits per heavy atom. The van der Waals surface area contributed by atoms with Crippen LogP contribution in [0.2, 0.25) is 0 Å². The minimum atomic E-state index is -3.95. The van der Waals surface area contributed by atoms with Crippen LogP contribution in [0.4, 0.5) is 16.4 Å². The van der Waals surface area contributed by atoms with Gasteiger partial charge in [0.1, 0.15) is 5.52 Å². The predicted octanol–water partition coefficient (Wildman–Crippen LogP) is 0.782. The number of piperazine rings is 1. The van der Waals surface area contributed by atoms with E-state index in [4.69, 9.17) is 4.84 Å². The molecule has 3 aromatic rings. The first-order valence-electron chi connectivity index (χ1n) is 12.1. The summed E-state index contributed by atoms with van der Waals surface area (Å²) in [5, 5.41) is 13.6. The number of rotatable bonds is 8. The standard InChI is InChI=1S/C23H30N8O6S/c1-23(4-5-23)27-38(35,36)16-10-17-19(18(11-16)29-6-8-30(9-7-29)22(33)34)25-21(26-37-3)31(20(17)32)14-15-12-24-28(2)13-15/h10-13,27H,4-9,14H2,1-3H3,(H,25,26)(H,33,34). The molecule has 0 atom stereocenters. The number of carbonyl (C=O) groups is 1. The summed E-state index contributed by atoms with van der Waals surface area (Å²) >= 11 is 0. The fraction of sp³-hybridized carbons (Fsp3) is 0.478. The largest absolute Gasteiger partial charge is 0.465 e. The van der Waals surface area contributed by atoms with Crippen molar-refractivity contribution in [1.82, 2.24) is 29.0 Å². The molecule has 0 spiro atoms. The summed E-state index contributed by atoms with van der Waals surface area (Å²) in [7, 11) is -0.785. The summed E-state index contributed by atoms with van der Waals surface area (Å²) < 4.78 is 32.5. The lowest BCUT2D eigenvalue weighted by Gasteiger charge is -2.35. The molecule has 0 radical (unpaired) electrons. The van der Waals surface area contributed by atoms with E-state index in [1.54, 1.807) is 24.1 Å². The van der Waals surface area contributed by atoms with Crippen LogP contribution in [0.3, 0.4) is 0 Å². The molecule has 2 fully saturated rings. The van der Waals surface area contributed by atoms with E-state index in [2.05, 4.69) is 20.3 Å². The Labute approximate surface area is 218 Å². The van der Waals surface area contributed by atoms with Crippen LogP contribution >= 0.6 is 0 Å². The Hall–Kier alpha value is -3.69. The maximum absolute atomic E-state index is 13.9. The van der Waals surface area contributed by atoms with Gasteiger partial charge in [-0.3, -0.25) is 18.9 Å². The summed E-state index contributed by atoms with van der Waals surface area (Å²) in [6.07, 6.45) is 3.84. The fourth-order valence-electron chi connectivity index (χ4n) is 4.54. The Kier molecular flexibility index (Phi) is 6.53. The highest BCUT2D eigenvalue weighted by Gasteiger charge is 2.41. The lowest BCUT2D eigenvalue weighted by Crippen LogP contribution is -2.48. The second kappa shape index (κ2) is 9.56. The van der Waals surface area contributed by atoms with Gasteiger partial charge in [-0.1, -0.05) is 0 Å². The first kappa shape index (κ1) is 25.9. The Morgan fingerprint density at radius 2 is 1.92 bits per heavy atom. The lowest BCUT2D eigenvalue weighted by atomic mass is 10.1. The average molecular weight is 547 g/mol. The Morgan fingerprint density at radius 3 is 2.50 bits per heavy atom. The van der Waals surface area contributed by atoms with Crippen LogP contribution in [-0.2, 0) is 28.5 Å². The monoisotopic (exact) mass is 546 g/mol. The first-order valence-corrected chi connectivity index (χ1v) is 13.6. The molecule has 1 saturated heterocycles. The summed E-state index contributed by atoms with van der Waals surface area (Å²) in [6.45, 7) is 3.04. The quantitative estimate of drug-likeness (QED) is 0.344. The van der Waals surface area contributed by atoms with Crippen molar-refractivity contribution >= 4 is 38.7 Å². The van der Waals surface area contributed by atoms with Crippen LogP contribution in [0.15, 0.2) is 34.2 Å². The van der Waals surface area contributed by atoms with E-state index in [1.807, 2.05) is 11.8 Å². The molecule has 0 unspecified atom stereocenters. The summed E-state index contributed by atoms with van der Waals surface area (Å²) in [5.74, 6) is 0.137. The van der Waals surface area contributed by atoms with E-state index in [-0.39, 0.29) is 41.4 Å². The van der Waals surface area contributed by atoms with E-state index >= 15 is 0 Å². The maximum Gasteiger partial charge on any atom is 0.407 e. The zero-order valence-corrected chi connectivity index (χ0v) is 22.2. The number of benzene rings is 1. The molecule has 3 heterocycles. The number of carboxylic acid groups (broad SMARTS) is 1. The van der Waals surface area contributed by atoms with Crippen LogP contribution in [0.25, 0.3) is 10.9 Å². The van der Waals surface area contributed by atoms with Crippen molar-refractivity contribution < 1.29 is 23.2 Å². The second-order valence-electron chi connectivity index (χ2n) is 9.92. The second-order valence-corrected chi connectivity index (χ2v) is 11.6. The van der Waals surface area contributed by atoms with Gasteiger partial charge in [0.05, 0.1) is 35.8 Å². The summed E-state index contributed by atoms with van der Waals surface area (Å²) in [6, 6.07) is 2.85. The number of fused-ring (bicyclic) bond motifs is 1. The number of hydrogen-bond acceptors (Lipinski definition) is 9. The van der Waals surface area contributed by atoms with Crippen molar-refractivity contribution in [3.63, 3.8) is 0 Å². The highest BCUT2D eigenvalue weighted by atomic mass is 32.2. The normalized spacial score (nSPS) is 17.1. The molecule has 14 nitrogen and oxygen atoms in total. The Bertz CT molecular complexity index is 1550. The van der Waals surface area contributed by atoms with Crippen LogP contribution in [0.5, 0.6) is 0 Å². The van der Waals surface area contributed by atoms with Crippen LogP contribution < -0.4 is 20.7 Å². The third kappa shape index (κ3) is 5.04. The molecule has 38 heavy (non-hydrogen) atoms. The molecule has 3 N–H and O–H groups in total. The van der Waals surface area contributed by atoms with Gasteiger partial charge in [0.25, 0.3) is 5.56 Å². The predicted molar refractivity (Wildman–Crippen MR) is 139 cm³/mol. The van der Waals surface area contributed by atoms with E-state index in [1.165, 1.54) is 28.7 Å². The van der Waals surface area contributed by atoms with Crippen LogP contribution in [-0.4, -0.2) is 82.7 Å².